The molecule has 1 aliphatic carbocycles. The van der Waals surface area contributed by atoms with Crippen LogP contribution in [-0.2, 0) is 11.2 Å². The van der Waals surface area contributed by atoms with Gasteiger partial charge in [-0.1, -0.05) is 36.4 Å². The van der Waals surface area contributed by atoms with E-state index in [1.165, 1.54) is 11.1 Å². The van der Waals surface area contributed by atoms with Crippen molar-refractivity contribution in [3.05, 3.63) is 70.8 Å². The highest BCUT2D eigenvalue weighted by atomic mass is 16.6. The summed E-state index contributed by atoms with van der Waals surface area (Å²) in [6.07, 6.45) is 0.812. The van der Waals surface area contributed by atoms with E-state index in [1.54, 1.807) is 12.1 Å². The van der Waals surface area contributed by atoms with Crippen LogP contribution in [0.15, 0.2) is 48.5 Å². The van der Waals surface area contributed by atoms with E-state index >= 15 is 0 Å². The molecule has 22 heavy (non-hydrogen) atoms. The Balaban J connectivity index is 2.01. The van der Waals surface area contributed by atoms with Crippen molar-refractivity contribution in [2.75, 3.05) is 0 Å². The number of rotatable bonds is 0. The number of carbonyl (C=O) groups is 2. The van der Waals surface area contributed by atoms with Crippen molar-refractivity contribution < 1.29 is 14.3 Å². The van der Waals surface area contributed by atoms with Crippen LogP contribution in [0.2, 0.25) is 0 Å². The van der Waals surface area contributed by atoms with Crippen molar-refractivity contribution in [2.24, 2.45) is 0 Å². The molecular formula is C19H10O3. The molecule has 3 nitrogen and oxygen atoms in total. The molecule has 2 aliphatic rings. The van der Waals surface area contributed by atoms with Gasteiger partial charge in [-0.3, -0.25) is 0 Å². The third-order valence-corrected chi connectivity index (χ3v) is 4.56. The van der Waals surface area contributed by atoms with Crippen LogP contribution >= 0.6 is 0 Å². The minimum atomic E-state index is -0.556. The average Bonchev–Trinajstić information content (AvgIpc) is 2.54. The maximum atomic E-state index is 12.0. The molecule has 0 unspecified atom stereocenters. The Bertz CT molecular complexity index is 994. The summed E-state index contributed by atoms with van der Waals surface area (Å²) in [5, 5.41) is 1.75. The van der Waals surface area contributed by atoms with Gasteiger partial charge < -0.3 is 4.74 Å². The van der Waals surface area contributed by atoms with Crippen LogP contribution in [0.4, 0.5) is 0 Å². The summed E-state index contributed by atoms with van der Waals surface area (Å²) in [6, 6.07) is 15.7. The molecule has 1 heterocycles. The van der Waals surface area contributed by atoms with Crippen LogP contribution in [-0.4, -0.2) is 11.9 Å². The lowest BCUT2D eigenvalue weighted by Gasteiger charge is -2.24. The van der Waals surface area contributed by atoms with E-state index in [2.05, 4.69) is 12.1 Å². The smallest absolute Gasteiger partial charge is 0.346 e. The Morgan fingerprint density at radius 3 is 2.14 bits per heavy atom. The zero-order chi connectivity index (χ0) is 14.8. The third kappa shape index (κ3) is 1.31. The van der Waals surface area contributed by atoms with Gasteiger partial charge in [0.05, 0.1) is 11.1 Å². The summed E-state index contributed by atoms with van der Waals surface area (Å²) in [6.45, 7) is 0. The number of hydrogen-bond acceptors (Lipinski definition) is 3. The van der Waals surface area contributed by atoms with Gasteiger partial charge in [0.25, 0.3) is 0 Å². The van der Waals surface area contributed by atoms with E-state index in [0.717, 1.165) is 28.3 Å². The van der Waals surface area contributed by atoms with Gasteiger partial charge in [-0.25, -0.2) is 9.59 Å². The maximum Gasteiger partial charge on any atom is 0.346 e. The average molecular weight is 286 g/mol. The number of hydrogen-bond donors (Lipinski definition) is 0. The van der Waals surface area contributed by atoms with Gasteiger partial charge in [0.15, 0.2) is 0 Å². The highest BCUT2D eigenvalue weighted by Crippen LogP contribution is 2.42. The Morgan fingerprint density at radius 2 is 1.32 bits per heavy atom. The predicted molar refractivity (Wildman–Crippen MR) is 81.9 cm³/mol. The van der Waals surface area contributed by atoms with E-state index in [9.17, 15) is 9.59 Å². The van der Waals surface area contributed by atoms with Gasteiger partial charge in [0, 0.05) is 5.39 Å². The fourth-order valence-corrected chi connectivity index (χ4v) is 3.62. The van der Waals surface area contributed by atoms with Crippen LogP contribution in [0.5, 0.6) is 0 Å². The lowest BCUT2D eigenvalue weighted by Crippen LogP contribution is -2.20. The van der Waals surface area contributed by atoms with Crippen molar-refractivity contribution in [1.29, 1.82) is 0 Å². The minimum Gasteiger partial charge on any atom is -0.386 e. The first-order valence-corrected chi connectivity index (χ1v) is 7.17. The Kier molecular flexibility index (Phi) is 2.03. The molecule has 3 aromatic rings. The molecule has 0 aromatic heterocycles. The summed E-state index contributed by atoms with van der Waals surface area (Å²) >= 11 is 0. The van der Waals surface area contributed by atoms with Gasteiger partial charge in [0.1, 0.15) is 0 Å². The molecule has 0 spiro atoms. The first-order chi connectivity index (χ1) is 10.7. The van der Waals surface area contributed by atoms with Crippen molar-refractivity contribution in [1.82, 2.24) is 0 Å². The van der Waals surface area contributed by atoms with Crippen LogP contribution in [0.25, 0.3) is 21.9 Å². The number of carbonyl (C=O) groups excluding carboxylic acids is 2. The summed E-state index contributed by atoms with van der Waals surface area (Å²) in [7, 11) is 0. The molecule has 0 radical (unpaired) electrons. The molecule has 0 saturated carbocycles. The van der Waals surface area contributed by atoms with Gasteiger partial charge in [-0.15, -0.1) is 0 Å². The second kappa shape index (κ2) is 3.83. The van der Waals surface area contributed by atoms with E-state index < -0.39 is 11.9 Å². The zero-order valence-corrected chi connectivity index (χ0v) is 11.6. The topological polar surface area (TPSA) is 43.4 Å². The fourth-order valence-electron chi connectivity index (χ4n) is 3.62. The Hall–Kier alpha value is -2.94. The molecule has 0 saturated heterocycles. The summed E-state index contributed by atoms with van der Waals surface area (Å²) in [5.41, 5.74) is 5.63. The molecule has 0 amide bonds. The number of benzene rings is 3. The fraction of sp³-hybridized carbons (Fsp3) is 0.0526. The van der Waals surface area contributed by atoms with Crippen LogP contribution in [0.1, 0.15) is 31.8 Å². The van der Waals surface area contributed by atoms with Crippen molar-refractivity contribution >= 4 is 22.7 Å². The van der Waals surface area contributed by atoms with E-state index in [1.807, 2.05) is 24.3 Å². The summed E-state index contributed by atoms with van der Waals surface area (Å²) in [4.78, 5) is 24.0. The van der Waals surface area contributed by atoms with Crippen molar-refractivity contribution in [2.45, 2.75) is 6.42 Å². The molecule has 3 heteroatoms. The van der Waals surface area contributed by atoms with E-state index in [4.69, 9.17) is 4.74 Å². The molecule has 0 N–H and O–H groups in total. The number of ether oxygens (including phenoxy) is 1. The monoisotopic (exact) mass is 286 g/mol. The van der Waals surface area contributed by atoms with Crippen LogP contribution in [0.3, 0.4) is 0 Å². The van der Waals surface area contributed by atoms with Gasteiger partial charge in [0.2, 0.25) is 0 Å². The highest BCUT2D eigenvalue weighted by Gasteiger charge is 2.30. The van der Waals surface area contributed by atoms with Gasteiger partial charge in [-0.2, -0.15) is 0 Å². The minimum absolute atomic E-state index is 0.481. The molecule has 0 atom stereocenters. The van der Waals surface area contributed by atoms with Gasteiger partial charge >= 0.3 is 11.9 Å². The van der Waals surface area contributed by atoms with Crippen LogP contribution in [0, 0.1) is 0 Å². The Morgan fingerprint density at radius 1 is 0.636 bits per heavy atom. The largest absolute Gasteiger partial charge is 0.386 e. The lowest BCUT2D eigenvalue weighted by molar-refractivity contribution is 0.0391. The molecular weight excluding hydrogens is 276 g/mol. The molecule has 0 fully saturated rings. The SMILES string of the molecule is O=C1OC(=O)c2ccc3c4c(ccc1c24)Cc1ccccc1-3. The first kappa shape index (κ1) is 11.7. The summed E-state index contributed by atoms with van der Waals surface area (Å²) in [5.74, 6) is -1.11. The number of esters is 2. The number of fused-ring (bicyclic) bond motifs is 2. The second-order valence-electron chi connectivity index (χ2n) is 5.69. The normalized spacial score (nSPS) is 14.7. The number of cyclic esters (lactones) is 2. The quantitative estimate of drug-likeness (QED) is 0.365. The standard InChI is InChI=1S/C19H10O3/c20-18-14-6-5-11-9-10-3-1-2-4-12(10)13-7-8-15(19(21)22-18)17(14)16(11)13/h1-8H,9H2. The molecule has 104 valence electrons. The molecule has 3 aromatic carbocycles. The molecule has 5 rings (SSSR count). The Labute approximate surface area is 126 Å². The van der Waals surface area contributed by atoms with Gasteiger partial charge in [-0.05, 0) is 46.2 Å². The molecule has 1 aliphatic heterocycles. The second-order valence-corrected chi connectivity index (χ2v) is 5.69. The van der Waals surface area contributed by atoms with E-state index in [-0.39, 0.29) is 0 Å². The van der Waals surface area contributed by atoms with Crippen LogP contribution < -0.4 is 0 Å². The third-order valence-electron chi connectivity index (χ3n) is 4.56. The highest BCUT2D eigenvalue weighted by molar-refractivity contribution is 6.23. The zero-order valence-electron chi connectivity index (χ0n) is 11.6. The molecule has 0 bridgehead atoms. The summed E-state index contributed by atoms with van der Waals surface area (Å²) < 4.78 is 4.83. The predicted octanol–water partition coefficient (Wildman–Crippen LogP) is 3.72. The maximum absolute atomic E-state index is 12.0. The van der Waals surface area contributed by atoms with Crippen molar-refractivity contribution in [3.8, 4) is 11.1 Å². The first-order valence-electron chi connectivity index (χ1n) is 7.17. The lowest BCUT2D eigenvalue weighted by atomic mass is 9.81. The van der Waals surface area contributed by atoms with E-state index in [0.29, 0.717) is 11.1 Å². The van der Waals surface area contributed by atoms with Crippen molar-refractivity contribution in [3.63, 3.8) is 0 Å².